The Kier molecular flexibility index (Phi) is 4.23. The summed E-state index contributed by atoms with van der Waals surface area (Å²) in [7, 11) is 0. The van der Waals surface area contributed by atoms with Crippen LogP contribution in [0.2, 0.25) is 0 Å². The van der Waals surface area contributed by atoms with Crippen LogP contribution in [0.5, 0.6) is 5.75 Å². The van der Waals surface area contributed by atoms with E-state index in [9.17, 15) is 4.79 Å². The van der Waals surface area contributed by atoms with Gasteiger partial charge in [0.1, 0.15) is 11.4 Å². The largest absolute Gasteiger partial charge is 0.492 e. The first-order chi connectivity index (χ1) is 9.26. The van der Waals surface area contributed by atoms with Gasteiger partial charge in [0.2, 0.25) is 5.78 Å². The molecule has 0 bridgehead atoms. The summed E-state index contributed by atoms with van der Waals surface area (Å²) in [6.07, 6.45) is 5.54. The van der Waals surface area contributed by atoms with Gasteiger partial charge in [-0.3, -0.25) is 14.8 Å². The number of ketones is 1. The van der Waals surface area contributed by atoms with Crippen LogP contribution in [0.4, 0.5) is 0 Å². The SMILES string of the molecule is CCOc1cncc(C(=O)c2ncccc2CC)c1. The molecule has 2 rings (SSSR count). The van der Waals surface area contributed by atoms with Crippen molar-refractivity contribution in [2.45, 2.75) is 20.3 Å². The van der Waals surface area contributed by atoms with Crippen molar-refractivity contribution < 1.29 is 9.53 Å². The van der Waals surface area contributed by atoms with Gasteiger partial charge in [-0.25, -0.2) is 0 Å². The molecule has 0 spiro atoms. The number of carbonyl (C=O) groups is 1. The van der Waals surface area contributed by atoms with Crippen molar-refractivity contribution in [1.82, 2.24) is 9.97 Å². The molecule has 2 heterocycles. The molecule has 4 nitrogen and oxygen atoms in total. The van der Waals surface area contributed by atoms with Gasteiger partial charge in [0, 0.05) is 18.0 Å². The molecule has 0 unspecified atom stereocenters. The second-order valence-corrected chi connectivity index (χ2v) is 4.04. The molecule has 0 aliphatic heterocycles. The first-order valence-corrected chi connectivity index (χ1v) is 6.32. The van der Waals surface area contributed by atoms with Crippen molar-refractivity contribution in [2.75, 3.05) is 6.61 Å². The molecule has 0 amide bonds. The molecule has 0 radical (unpaired) electrons. The molecule has 2 aromatic rings. The van der Waals surface area contributed by atoms with Gasteiger partial charge in [-0.15, -0.1) is 0 Å². The lowest BCUT2D eigenvalue weighted by Crippen LogP contribution is -2.08. The van der Waals surface area contributed by atoms with Gasteiger partial charge in [-0.2, -0.15) is 0 Å². The number of hydrogen-bond donors (Lipinski definition) is 0. The zero-order valence-electron chi connectivity index (χ0n) is 11.1. The van der Waals surface area contributed by atoms with Crippen LogP contribution in [0.1, 0.15) is 35.5 Å². The van der Waals surface area contributed by atoms with E-state index < -0.39 is 0 Å². The minimum atomic E-state index is -0.119. The summed E-state index contributed by atoms with van der Waals surface area (Å²) in [5.41, 5.74) is 1.93. The van der Waals surface area contributed by atoms with E-state index in [-0.39, 0.29) is 5.78 Å². The minimum absolute atomic E-state index is 0.119. The highest BCUT2D eigenvalue weighted by Gasteiger charge is 2.15. The second-order valence-electron chi connectivity index (χ2n) is 4.04. The first kappa shape index (κ1) is 13.2. The Morgan fingerprint density at radius 3 is 2.89 bits per heavy atom. The van der Waals surface area contributed by atoms with Gasteiger partial charge >= 0.3 is 0 Å². The van der Waals surface area contributed by atoms with Crippen LogP contribution < -0.4 is 4.74 Å². The highest BCUT2D eigenvalue weighted by Crippen LogP contribution is 2.16. The Hall–Kier alpha value is -2.23. The van der Waals surface area contributed by atoms with Crippen LogP contribution in [0.3, 0.4) is 0 Å². The van der Waals surface area contributed by atoms with E-state index in [0.29, 0.717) is 23.6 Å². The fourth-order valence-electron chi connectivity index (χ4n) is 1.85. The summed E-state index contributed by atoms with van der Waals surface area (Å²) in [6, 6.07) is 5.46. The maximum absolute atomic E-state index is 12.4. The second kappa shape index (κ2) is 6.09. The smallest absolute Gasteiger partial charge is 0.213 e. The summed E-state index contributed by atoms with van der Waals surface area (Å²) in [4.78, 5) is 20.6. The highest BCUT2D eigenvalue weighted by molar-refractivity contribution is 6.08. The molecule has 0 fully saturated rings. The normalized spacial score (nSPS) is 10.2. The Bertz CT molecular complexity index is 582. The van der Waals surface area contributed by atoms with Crippen LogP contribution >= 0.6 is 0 Å². The van der Waals surface area contributed by atoms with E-state index in [1.165, 1.54) is 0 Å². The summed E-state index contributed by atoms with van der Waals surface area (Å²) in [6.45, 7) is 4.44. The van der Waals surface area contributed by atoms with Gasteiger partial charge in [0.25, 0.3) is 0 Å². The van der Waals surface area contributed by atoms with Crippen LogP contribution in [-0.2, 0) is 6.42 Å². The van der Waals surface area contributed by atoms with E-state index in [2.05, 4.69) is 9.97 Å². The average molecular weight is 256 g/mol. The van der Waals surface area contributed by atoms with Crippen LogP contribution in [0.25, 0.3) is 0 Å². The molecule has 19 heavy (non-hydrogen) atoms. The number of pyridine rings is 2. The number of hydrogen-bond acceptors (Lipinski definition) is 4. The Morgan fingerprint density at radius 2 is 2.16 bits per heavy atom. The zero-order valence-corrected chi connectivity index (χ0v) is 11.1. The van der Waals surface area contributed by atoms with Crippen molar-refractivity contribution in [1.29, 1.82) is 0 Å². The summed E-state index contributed by atoms with van der Waals surface area (Å²) < 4.78 is 5.35. The molecular formula is C15H16N2O2. The molecule has 2 aromatic heterocycles. The van der Waals surface area contributed by atoms with Crippen LogP contribution in [-0.4, -0.2) is 22.4 Å². The van der Waals surface area contributed by atoms with E-state index in [4.69, 9.17) is 4.74 Å². The molecule has 0 saturated heterocycles. The standard InChI is InChI=1S/C15H16N2O2/c1-3-11-6-5-7-17-14(11)15(18)12-8-13(19-4-2)10-16-9-12/h5-10H,3-4H2,1-2H3. The maximum atomic E-state index is 12.4. The third-order valence-electron chi connectivity index (χ3n) is 2.77. The maximum Gasteiger partial charge on any atom is 0.213 e. The monoisotopic (exact) mass is 256 g/mol. The lowest BCUT2D eigenvalue weighted by atomic mass is 10.0. The van der Waals surface area contributed by atoms with Gasteiger partial charge in [-0.1, -0.05) is 13.0 Å². The van der Waals surface area contributed by atoms with Crippen molar-refractivity contribution >= 4 is 5.78 Å². The van der Waals surface area contributed by atoms with Gasteiger partial charge in [0.15, 0.2) is 0 Å². The lowest BCUT2D eigenvalue weighted by molar-refractivity contribution is 0.103. The van der Waals surface area contributed by atoms with E-state index in [0.717, 1.165) is 12.0 Å². The minimum Gasteiger partial charge on any atom is -0.492 e. The van der Waals surface area contributed by atoms with Crippen LogP contribution in [0.15, 0.2) is 36.8 Å². The predicted octanol–water partition coefficient (Wildman–Crippen LogP) is 2.67. The number of carbonyl (C=O) groups excluding carboxylic acids is 1. The number of aromatic nitrogens is 2. The molecule has 0 atom stereocenters. The van der Waals surface area contributed by atoms with Crippen molar-refractivity contribution in [3.05, 3.63) is 53.6 Å². The first-order valence-electron chi connectivity index (χ1n) is 6.32. The third kappa shape index (κ3) is 2.96. The summed E-state index contributed by atoms with van der Waals surface area (Å²) >= 11 is 0. The lowest BCUT2D eigenvalue weighted by Gasteiger charge is -2.07. The molecule has 0 aromatic carbocycles. The number of nitrogens with zero attached hydrogens (tertiary/aromatic N) is 2. The molecule has 4 heteroatoms. The number of rotatable bonds is 5. The average Bonchev–Trinajstić information content (AvgIpc) is 2.47. The Morgan fingerprint density at radius 1 is 1.32 bits per heavy atom. The molecule has 0 saturated carbocycles. The quantitative estimate of drug-likeness (QED) is 0.772. The van der Waals surface area contributed by atoms with E-state index in [1.807, 2.05) is 26.0 Å². The third-order valence-corrected chi connectivity index (χ3v) is 2.77. The van der Waals surface area contributed by atoms with Crippen molar-refractivity contribution in [2.24, 2.45) is 0 Å². The van der Waals surface area contributed by atoms with Crippen molar-refractivity contribution in [3.63, 3.8) is 0 Å². The Balaban J connectivity index is 2.35. The van der Waals surface area contributed by atoms with Gasteiger partial charge in [0.05, 0.1) is 12.8 Å². The van der Waals surface area contributed by atoms with Gasteiger partial charge in [-0.05, 0) is 31.0 Å². The molecule has 98 valence electrons. The number of ether oxygens (including phenoxy) is 1. The van der Waals surface area contributed by atoms with Gasteiger partial charge < -0.3 is 4.74 Å². The topological polar surface area (TPSA) is 52.1 Å². The summed E-state index contributed by atoms with van der Waals surface area (Å²) in [5.74, 6) is 0.480. The molecular weight excluding hydrogens is 240 g/mol. The van der Waals surface area contributed by atoms with E-state index in [1.54, 1.807) is 24.7 Å². The fraction of sp³-hybridized carbons (Fsp3) is 0.267. The Labute approximate surface area is 112 Å². The highest BCUT2D eigenvalue weighted by atomic mass is 16.5. The van der Waals surface area contributed by atoms with Crippen LogP contribution in [0, 0.1) is 0 Å². The van der Waals surface area contributed by atoms with E-state index >= 15 is 0 Å². The fourth-order valence-corrected chi connectivity index (χ4v) is 1.85. The summed E-state index contributed by atoms with van der Waals surface area (Å²) in [5, 5.41) is 0. The molecule has 0 aliphatic rings. The zero-order chi connectivity index (χ0) is 13.7. The predicted molar refractivity (Wildman–Crippen MR) is 72.5 cm³/mol. The van der Waals surface area contributed by atoms with Crippen molar-refractivity contribution in [3.8, 4) is 5.75 Å². The molecule has 0 aliphatic carbocycles. The molecule has 0 N–H and O–H groups in total. The number of aryl methyl sites for hydroxylation is 1.